The van der Waals surface area contributed by atoms with Crippen molar-refractivity contribution in [3.63, 3.8) is 0 Å². The summed E-state index contributed by atoms with van der Waals surface area (Å²) in [5, 5.41) is 10.5. The Morgan fingerprint density at radius 3 is 2.73 bits per heavy atom. The quantitative estimate of drug-likeness (QED) is 0.753. The zero-order chi connectivity index (χ0) is 20.3. The van der Waals surface area contributed by atoms with E-state index in [0.29, 0.717) is 23.1 Å². The molecule has 4 fully saturated rings. The van der Waals surface area contributed by atoms with Crippen LogP contribution >= 0.6 is 0 Å². The zero-order valence-corrected chi connectivity index (χ0v) is 18.1. The molecule has 1 aromatic heterocycles. The molecular weight excluding hydrogens is 370 g/mol. The number of anilines is 1. The second kappa shape index (κ2) is 5.57. The maximum Gasteiger partial charge on any atom is 0.226 e. The van der Waals surface area contributed by atoms with Crippen LogP contribution in [0.1, 0.15) is 61.0 Å². The number of benzene rings is 1. The Bertz CT molecular complexity index is 1050. The van der Waals surface area contributed by atoms with E-state index >= 15 is 0 Å². The average molecular weight is 402 g/mol. The number of phenolic OH excluding ortho intramolecular Hbond substituents is 1. The zero-order valence-electron chi connectivity index (χ0n) is 18.1. The first-order valence-electron chi connectivity index (χ1n) is 11.9. The summed E-state index contributed by atoms with van der Waals surface area (Å²) in [5.74, 6) is 3.65. The third-order valence-electron chi connectivity index (χ3n) is 9.90. The van der Waals surface area contributed by atoms with Crippen LogP contribution in [0.2, 0.25) is 0 Å². The normalized spacial score (nSPS) is 40.3. The van der Waals surface area contributed by atoms with E-state index < -0.39 is 0 Å². The van der Waals surface area contributed by atoms with Crippen molar-refractivity contribution in [1.29, 1.82) is 0 Å². The summed E-state index contributed by atoms with van der Waals surface area (Å²) < 4.78 is 0. The van der Waals surface area contributed by atoms with Gasteiger partial charge in [0.25, 0.3) is 0 Å². The van der Waals surface area contributed by atoms with Gasteiger partial charge in [0.05, 0.1) is 0 Å². The highest BCUT2D eigenvalue weighted by Gasteiger charge is 2.75. The third kappa shape index (κ3) is 1.90. The van der Waals surface area contributed by atoms with Crippen molar-refractivity contribution in [2.24, 2.45) is 23.2 Å². The number of hydrogen-bond acceptors (Lipinski definition) is 4. The topological polar surface area (TPSA) is 49.2 Å². The third-order valence-corrected chi connectivity index (χ3v) is 9.90. The molecule has 1 N–H and O–H groups in total. The highest BCUT2D eigenvalue weighted by Crippen LogP contribution is 2.77. The molecule has 5 unspecified atom stereocenters. The highest BCUT2D eigenvalue weighted by atomic mass is 16.3. The number of fused-ring (bicyclic) bond motifs is 1. The summed E-state index contributed by atoms with van der Waals surface area (Å²) in [6.45, 7) is 5.29. The van der Waals surface area contributed by atoms with Gasteiger partial charge in [-0.05, 0) is 105 Å². The summed E-state index contributed by atoms with van der Waals surface area (Å²) >= 11 is 0. The van der Waals surface area contributed by atoms with Gasteiger partial charge in [-0.2, -0.15) is 0 Å². The highest BCUT2D eigenvalue weighted by molar-refractivity contribution is 5.52. The first kappa shape index (κ1) is 17.6. The van der Waals surface area contributed by atoms with Crippen LogP contribution in [0.4, 0.5) is 5.95 Å². The number of rotatable bonds is 1. The van der Waals surface area contributed by atoms with Crippen molar-refractivity contribution in [3.05, 3.63) is 46.8 Å². The number of aryl methyl sites for hydroxylation is 2. The van der Waals surface area contributed by atoms with Crippen molar-refractivity contribution in [3.8, 4) is 5.75 Å². The van der Waals surface area contributed by atoms with Gasteiger partial charge in [0.1, 0.15) is 5.75 Å². The lowest BCUT2D eigenvalue weighted by molar-refractivity contribution is -0.0521. The Kier molecular flexibility index (Phi) is 3.26. The standard InChI is InChI=1S/C26H31N3O/c1-15-10-16(2)28-24(27-15)29-14-18-13-25-9-7-22(29)23(18)26(25)8-3-4-19(25)11-17-5-6-20(30)12-21(17)26/h5-6,10,12,18-19,22-23,30H,3-4,7-9,11,13-14H2,1-2H3/t18-,19?,22?,23?,25?,26?/m1/s1. The van der Waals surface area contributed by atoms with Crippen LogP contribution in [-0.2, 0) is 11.8 Å². The molecule has 1 saturated heterocycles. The van der Waals surface area contributed by atoms with Gasteiger partial charge >= 0.3 is 0 Å². The first-order valence-corrected chi connectivity index (χ1v) is 11.9. The lowest BCUT2D eigenvalue weighted by Crippen LogP contribution is -2.62. The molecule has 4 heteroatoms. The van der Waals surface area contributed by atoms with Gasteiger partial charge in [-0.1, -0.05) is 12.5 Å². The minimum absolute atomic E-state index is 0.253. The maximum absolute atomic E-state index is 10.5. The van der Waals surface area contributed by atoms with E-state index in [1.807, 2.05) is 6.07 Å². The SMILES string of the molecule is Cc1cc(C)nc(N2C[C@H]3CC45CCC2C3C42CCCC5Cc3ccc(O)cc32)n1. The molecule has 5 aliphatic rings. The molecule has 30 heavy (non-hydrogen) atoms. The van der Waals surface area contributed by atoms with Crippen LogP contribution in [0.25, 0.3) is 0 Å². The fourth-order valence-electron chi connectivity index (χ4n) is 9.40. The van der Waals surface area contributed by atoms with E-state index in [1.165, 1.54) is 56.1 Å². The van der Waals surface area contributed by atoms with E-state index in [1.54, 1.807) is 0 Å². The first-order chi connectivity index (χ1) is 14.5. The van der Waals surface area contributed by atoms with Crippen LogP contribution in [0.15, 0.2) is 24.3 Å². The van der Waals surface area contributed by atoms with E-state index in [9.17, 15) is 5.11 Å². The molecule has 2 heterocycles. The smallest absolute Gasteiger partial charge is 0.226 e. The summed E-state index contributed by atoms with van der Waals surface area (Å²) in [6.07, 6.45) is 9.27. The number of aromatic nitrogens is 2. The Balaban J connectivity index is 1.41. The predicted molar refractivity (Wildman–Crippen MR) is 117 cm³/mol. The largest absolute Gasteiger partial charge is 0.508 e. The molecule has 1 aromatic carbocycles. The predicted octanol–water partition coefficient (Wildman–Crippen LogP) is 4.70. The van der Waals surface area contributed by atoms with Crippen LogP contribution in [0.5, 0.6) is 5.75 Å². The van der Waals surface area contributed by atoms with Crippen molar-refractivity contribution >= 4 is 5.95 Å². The number of hydrogen-bond donors (Lipinski definition) is 1. The Labute approximate surface area is 178 Å². The Hall–Kier alpha value is -2.10. The summed E-state index contributed by atoms with van der Waals surface area (Å²) in [6, 6.07) is 8.93. The second-order valence-corrected chi connectivity index (χ2v) is 11.0. The molecule has 4 nitrogen and oxygen atoms in total. The van der Waals surface area contributed by atoms with Gasteiger partial charge in [0.2, 0.25) is 5.95 Å². The van der Waals surface area contributed by atoms with Gasteiger partial charge in [-0.25, -0.2) is 9.97 Å². The molecule has 4 aliphatic carbocycles. The van der Waals surface area contributed by atoms with Crippen molar-refractivity contribution in [1.82, 2.24) is 9.97 Å². The molecule has 0 spiro atoms. The van der Waals surface area contributed by atoms with Gasteiger partial charge in [-0.3, -0.25) is 0 Å². The molecule has 4 bridgehead atoms. The maximum atomic E-state index is 10.5. The molecule has 0 amide bonds. The minimum atomic E-state index is 0.253. The molecule has 0 radical (unpaired) electrons. The minimum Gasteiger partial charge on any atom is -0.508 e. The number of phenols is 1. The molecular formula is C26H31N3O. The van der Waals surface area contributed by atoms with Gasteiger partial charge < -0.3 is 10.0 Å². The molecule has 7 rings (SSSR count). The summed E-state index contributed by atoms with van der Waals surface area (Å²) in [5.41, 5.74) is 5.90. The Morgan fingerprint density at radius 1 is 1.07 bits per heavy atom. The van der Waals surface area contributed by atoms with Crippen molar-refractivity contribution in [2.75, 3.05) is 11.4 Å². The monoisotopic (exact) mass is 401 g/mol. The summed E-state index contributed by atoms with van der Waals surface area (Å²) in [7, 11) is 0. The van der Waals surface area contributed by atoms with E-state index in [2.05, 4.69) is 36.9 Å². The number of aromatic hydroxyl groups is 1. The van der Waals surface area contributed by atoms with Gasteiger partial charge in [-0.15, -0.1) is 0 Å². The molecule has 156 valence electrons. The molecule has 3 saturated carbocycles. The van der Waals surface area contributed by atoms with Gasteiger partial charge in [0.15, 0.2) is 0 Å². The van der Waals surface area contributed by atoms with Gasteiger partial charge in [0, 0.05) is 29.4 Å². The second-order valence-electron chi connectivity index (χ2n) is 11.0. The van der Waals surface area contributed by atoms with E-state index in [0.717, 1.165) is 35.7 Å². The Morgan fingerprint density at radius 2 is 1.90 bits per heavy atom. The van der Waals surface area contributed by atoms with Crippen LogP contribution in [-0.4, -0.2) is 27.7 Å². The summed E-state index contributed by atoms with van der Waals surface area (Å²) in [4.78, 5) is 12.3. The van der Waals surface area contributed by atoms with Crippen molar-refractivity contribution < 1.29 is 5.11 Å². The van der Waals surface area contributed by atoms with Crippen LogP contribution in [0.3, 0.4) is 0 Å². The lowest BCUT2D eigenvalue weighted by Gasteiger charge is -2.64. The molecule has 1 aliphatic heterocycles. The lowest BCUT2D eigenvalue weighted by atomic mass is 9.41. The number of nitrogens with zero attached hydrogens (tertiary/aromatic N) is 3. The molecule has 6 atom stereocenters. The van der Waals surface area contributed by atoms with E-state index in [-0.39, 0.29) is 5.41 Å². The molecule has 2 aromatic rings. The van der Waals surface area contributed by atoms with Crippen LogP contribution in [0, 0.1) is 37.0 Å². The van der Waals surface area contributed by atoms with Crippen molar-refractivity contribution in [2.45, 2.75) is 70.3 Å². The average Bonchev–Trinajstić information content (AvgIpc) is 3.14. The van der Waals surface area contributed by atoms with E-state index in [4.69, 9.17) is 9.97 Å². The fourth-order valence-corrected chi connectivity index (χ4v) is 9.40. The van der Waals surface area contributed by atoms with Crippen LogP contribution < -0.4 is 4.90 Å². The fraction of sp³-hybridized carbons (Fsp3) is 0.615.